The molecule has 1 aromatic rings. The van der Waals surface area contributed by atoms with Crippen LogP contribution < -0.4 is 11.0 Å². The average Bonchev–Trinajstić information content (AvgIpc) is 2.29. The molecular formula is C11H14NO4P. The SMILES string of the molecule is C=C(OP(=O)(OC)c1ccc(C)cc1)C(N)=O. The molecule has 0 saturated carbocycles. The second kappa shape index (κ2) is 5.17. The number of benzene rings is 1. The Labute approximate surface area is 99.8 Å². The van der Waals surface area contributed by atoms with E-state index in [9.17, 15) is 9.36 Å². The number of hydrogen-bond acceptors (Lipinski definition) is 4. The Morgan fingerprint density at radius 3 is 2.29 bits per heavy atom. The van der Waals surface area contributed by atoms with E-state index in [2.05, 4.69) is 6.58 Å². The maximum atomic E-state index is 12.3. The molecule has 17 heavy (non-hydrogen) atoms. The maximum Gasteiger partial charge on any atom is 0.410 e. The minimum Gasteiger partial charge on any atom is -0.416 e. The van der Waals surface area contributed by atoms with E-state index in [4.69, 9.17) is 14.8 Å². The zero-order valence-corrected chi connectivity index (χ0v) is 10.6. The van der Waals surface area contributed by atoms with Gasteiger partial charge in [-0.25, -0.2) is 4.57 Å². The molecule has 92 valence electrons. The molecule has 0 heterocycles. The van der Waals surface area contributed by atoms with Gasteiger partial charge in [0.15, 0.2) is 5.76 Å². The standard InChI is InChI=1S/C11H14NO4P/c1-8-4-6-10(7-5-8)17(14,15-3)16-9(2)11(12)13/h4-7H,2H2,1,3H3,(H2,12,13). The fourth-order valence-electron chi connectivity index (χ4n) is 1.11. The van der Waals surface area contributed by atoms with E-state index in [-0.39, 0.29) is 0 Å². The zero-order valence-electron chi connectivity index (χ0n) is 9.67. The molecule has 6 heteroatoms. The summed E-state index contributed by atoms with van der Waals surface area (Å²) >= 11 is 0. The van der Waals surface area contributed by atoms with E-state index in [1.54, 1.807) is 24.3 Å². The summed E-state index contributed by atoms with van der Waals surface area (Å²) in [6, 6.07) is 6.73. The molecule has 0 fully saturated rings. The lowest BCUT2D eigenvalue weighted by atomic mass is 10.2. The molecule has 2 N–H and O–H groups in total. The van der Waals surface area contributed by atoms with Crippen molar-refractivity contribution >= 4 is 18.8 Å². The molecular weight excluding hydrogens is 241 g/mol. The number of carbonyl (C=O) groups excluding carboxylic acids is 1. The molecule has 1 unspecified atom stereocenters. The van der Waals surface area contributed by atoms with Gasteiger partial charge in [0.2, 0.25) is 0 Å². The average molecular weight is 255 g/mol. The molecule has 0 aliphatic rings. The fourth-order valence-corrected chi connectivity index (χ4v) is 2.40. The number of carbonyl (C=O) groups is 1. The molecule has 1 rings (SSSR count). The van der Waals surface area contributed by atoms with E-state index >= 15 is 0 Å². The summed E-state index contributed by atoms with van der Waals surface area (Å²) in [7, 11) is -2.35. The third-order valence-corrected chi connectivity index (χ3v) is 3.97. The zero-order chi connectivity index (χ0) is 13.1. The fraction of sp³-hybridized carbons (Fsp3) is 0.182. The third kappa shape index (κ3) is 3.19. The summed E-state index contributed by atoms with van der Waals surface area (Å²) < 4.78 is 22.1. The van der Waals surface area contributed by atoms with E-state index in [1.807, 2.05) is 6.92 Å². The minimum absolute atomic E-state index is 0.341. The van der Waals surface area contributed by atoms with Crippen LogP contribution in [0.4, 0.5) is 0 Å². The highest BCUT2D eigenvalue weighted by atomic mass is 31.2. The highest BCUT2D eigenvalue weighted by molar-refractivity contribution is 7.62. The van der Waals surface area contributed by atoms with Crippen molar-refractivity contribution in [1.29, 1.82) is 0 Å². The van der Waals surface area contributed by atoms with Gasteiger partial charge >= 0.3 is 7.60 Å². The first-order chi connectivity index (χ1) is 7.89. The van der Waals surface area contributed by atoms with Crippen molar-refractivity contribution in [3.63, 3.8) is 0 Å². The van der Waals surface area contributed by atoms with Gasteiger partial charge in [-0.1, -0.05) is 24.3 Å². The lowest BCUT2D eigenvalue weighted by Crippen LogP contribution is -2.17. The Morgan fingerprint density at radius 2 is 1.88 bits per heavy atom. The van der Waals surface area contributed by atoms with E-state index in [0.29, 0.717) is 5.30 Å². The van der Waals surface area contributed by atoms with Crippen LogP contribution in [0.2, 0.25) is 0 Å². The first kappa shape index (κ1) is 13.5. The van der Waals surface area contributed by atoms with E-state index in [0.717, 1.165) is 5.56 Å². The van der Waals surface area contributed by atoms with Crippen molar-refractivity contribution in [3.05, 3.63) is 42.2 Å². The van der Waals surface area contributed by atoms with Gasteiger partial charge in [-0.2, -0.15) is 0 Å². The molecule has 0 bridgehead atoms. The van der Waals surface area contributed by atoms with Crippen molar-refractivity contribution in [2.24, 2.45) is 5.73 Å². The first-order valence-corrected chi connectivity index (χ1v) is 6.34. The Bertz CT molecular complexity index is 481. The predicted octanol–water partition coefficient (Wildman–Crippen LogP) is 1.48. The minimum atomic E-state index is -3.58. The molecule has 1 aromatic carbocycles. The van der Waals surface area contributed by atoms with Crippen LogP contribution in [-0.2, 0) is 18.4 Å². The second-order valence-corrected chi connectivity index (χ2v) is 5.45. The number of primary amides is 1. The van der Waals surface area contributed by atoms with Gasteiger partial charge in [-0.05, 0) is 19.1 Å². The Balaban J connectivity index is 3.04. The van der Waals surface area contributed by atoms with Crippen molar-refractivity contribution in [3.8, 4) is 0 Å². The van der Waals surface area contributed by atoms with Crippen LogP contribution in [-0.4, -0.2) is 13.0 Å². The normalized spacial score (nSPS) is 13.8. The molecule has 0 aromatic heterocycles. The summed E-state index contributed by atoms with van der Waals surface area (Å²) in [5.41, 5.74) is 5.96. The molecule has 0 aliphatic heterocycles. The van der Waals surface area contributed by atoms with Crippen LogP contribution in [0.1, 0.15) is 5.56 Å². The van der Waals surface area contributed by atoms with Gasteiger partial charge in [0, 0.05) is 7.11 Å². The second-order valence-electron chi connectivity index (χ2n) is 3.39. The molecule has 1 amide bonds. The maximum absolute atomic E-state index is 12.3. The number of hydrogen-bond donors (Lipinski definition) is 1. The first-order valence-electron chi connectivity index (χ1n) is 4.80. The van der Waals surface area contributed by atoms with Crippen molar-refractivity contribution in [2.75, 3.05) is 7.11 Å². The van der Waals surface area contributed by atoms with Gasteiger partial charge < -0.3 is 10.3 Å². The molecule has 1 atom stereocenters. The molecule has 0 saturated heterocycles. The van der Waals surface area contributed by atoms with Gasteiger partial charge in [-0.3, -0.25) is 9.32 Å². The van der Waals surface area contributed by atoms with Gasteiger partial charge in [0.1, 0.15) is 0 Å². The summed E-state index contributed by atoms with van der Waals surface area (Å²) in [4.78, 5) is 10.8. The summed E-state index contributed by atoms with van der Waals surface area (Å²) in [5, 5.41) is 0.341. The highest BCUT2D eigenvalue weighted by Crippen LogP contribution is 2.47. The number of nitrogens with two attached hydrogens (primary N) is 1. The van der Waals surface area contributed by atoms with Crippen molar-refractivity contribution in [2.45, 2.75) is 6.92 Å². The topological polar surface area (TPSA) is 78.6 Å². The highest BCUT2D eigenvalue weighted by Gasteiger charge is 2.29. The number of rotatable bonds is 5. The monoisotopic (exact) mass is 255 g/mol. The molecule has 0 radical (unpaired) electrons. The van der Waals surface area contributed by atoms with Gasteiger partial charge in [-0.15, -0.1) is 0 Å². The number of aryl methyl sites for hydroxylation is 1. The smallest absolute Gasteiger partial charge is 0.410 e. The summed E-state index contributed by atoms with van der Waals surface area (Å²) in [6.07, 6.45) is 0. The molecule has 0 aliphatic carbocycles. The lowest BCUT2D eigenvalue weighted by molar-refractivity contribution is -0.116. The van der Waals surface area contributed by atoms with Crippen molar-refractivity contribution in [1.82, 2.24) is 0 Å². The Kier molecular flexibility index (Phi) is 4.10. The van der Waals surface area contributed by atoms with Crippen LogP contribution in [0, 0.1) is 6.92 Å². The lowest BCUT2D eigenvalue weighted by Gasteiger charge is -2.17. The summed E-state index contributed by atoms with van der Waals surface area (Å²) in [5.74, 6) is -1.27. The predicted molar refractivity (Wildman–Crippen MR) is 64.8 cm³/mol. The number of amides is 1. The summed E-state index contributed by atoms with van der Waals surface area (Å²) in [6.45, 7) is 5.17. The van der Waals surface area contributed by atoms with Crippen LogP contribution in [0.5, 0.6) is 0 Å². The van der Waals surface area contributed by atoms with Crippen LogP contribution in [0.25, 0.3) is 0 Å². The van der Waals surface area contributed by atoms with Crippen LogP contribution >= 0.6 is 7.60 Å². The molecule has 0 spiro atoms. The van der Waals surface area contributed by atoms with Crippen LogP contribution in [0.3, 0.4) is 0 Å². The van der Waals surface area contributed by atoms with Gasteiger partial charge in [0.25, 0.3) is 5.91 Å². The Hall–Kier alpha value is -1.58. The third-order valence-electron chi connectivity index (χ3n) is 2.10. The molecule has 5 nitrogen and oxygen atoms in total. The van der Waals surface area contributed by atoms with E-state index < -0.39 is 19.3 Å². The van der Waals surface area contributed by atoms with Crippen molar-refractivity contribution < 1.29 is 18.4 Å². The Morgan fingerprint density at radius 1 is 1.35 bits per heavy atom. The van der Waals surface area contributed by atoms with E-state index in [1.165, 1.54) is 7.11 Å². The largest absolute Gasteiger partial charge is 0.416 e. The van der Waals surface area contributed by atoms with Gasteiger partial charge in [0.05, 0.1) is 5.30 Å². The van der Waals surface area contributed by atoms with Crippen LogP contribution in [0.15, 0.2) is 36.6 Å². The quantitative estimate of drug-likeness (QED) is 0.491.